The summed E-state index contributed by atoms with van der Waals surface area (Å²) in [5, 5.41) is 25.5. The van der Waals surface area contributed by atoms with E-state index >= 15 is 0 Å². The SMILES string of the molecule is Cc1[nH]ncc1C(=O)NC(CC(=O)O)C(=O)O. The molecule has 4 N–H and O–H groups in total. The molecule has 1 amide bonds. The minimum atomic E-state index is -1.46. The third-order valence-corrected chi connectivity index (χ3v) is 2.06. The van der Waals surface area contributed by atoms with E-state index in [2.05, 4.69) is 15.5 Å². The van der Waals surface area contributed by atoms with E-state index in [0.29, 0.717) is 5.69 Å². The average molecular weight is 241 g/mol. The Morgan fingerprint density at radius 2 is 2.12 bits per heavy atom. The van der Waals surface area contributed by atoms with E-state index in [1.807, 2.05) is 0 Å². The largest absolute Gasteiger partial charge is 0.481 e. The zero-order valence-electron chi connectivity index (χ0n) is 8.93. The Morgan fingerprint density at radius 3 is 2.53 bits per heavy atom. The lowest BCUT2D eigenvalue weighted by molar-refractivity contribution is -0.145. The zero-order valence-corrected chi connectivity index (χ0v) is 8.93. The third kappa shape index (κ3) is 3.30. The third-order valence-electron chi connectivity index (χ3n) is 2.06. The van der Waals surface area contributed by atoms with Crippen molar-refractivity contribution in [2.75, 3.05) is 0 Å². The molecule has 17 heavy (non-hydrogen) atoms. The molecule has 92 valence electrons. The number of nitrogens with zero attached hydrogens (tertiary/aromatic N) is 1. The summed E-state index contributed by atoms with van der Waals surface area (Å²) in [7, 11) is 0. The van der Waals surface area contributed by atoms with Gasteiger partial charge in [-0.15, -0.1) is 0 Å². The van der Waals surface area contributed by atoms with Gasteiger partial charge < -0.3 is 15.5 Å². The van der Waals surface area contributed by atoms with E-state index in [0.717, 1.165) is 0 Å². The van der Waals surface area contributed by atoms with Crippen LogP contribution in [0.4, 0.5) is 0 Å². The van der Waals surface area contributed by atoms with Gasteiger partial charge in [0.05, 0.1) is 18.2 Å². The van der Waals surface area contributed by atoms with E-state index in [1.165, 1.54) is 6.20 Å². The van der Waals surface area contributed by atoms with Crippen LogP contribution in [0.2, 0.25) is 0 Å². The number of hydrogen-bond donors (Lipinski definition) is 4. The fourth-order valence-electron chi connectivity index (χ4n) is 1.19. The molecule has 1 atom stereocenters. The predicted octanol–water partition coefficient (Wildman–Crippen LogP) is -0.624. The fraction of sp³-hybridized carbons (Fsp3) is 0.333. The van der Waals surface area contributed by atoms with Crippen molar-refractivity contribution in [2.24, 2.45) is 0 Å². The second kappa shape index (κ2) is 5.10. The molecule has 0 fully saturated rings. The van der Waals surface area contributed by atoms with Gasteiger partial charge in [0.25, 0.3) is 5.91 Å². The van der Waals surface area contributed by atoms with Crippen molar-refractivity contribution in [1.29, 1.82) is 0 Å². The van der Waals surface area contributed by atoms with Crippen LogP contribution >= 0.6 is 0 Å². The Labute approximate surface area is 95.6 Å². The monoisotopic (exact) mass is 241 g/mol. The van der Waals surface area contributed by atoms with Crippen molar-refractivity contribution in [3.8, 4) is 0 Å². The van der Waals surface area contributed by atoms with Crippen LogP contribution in [0.3, 0.4) is 0 Å². The van der Waals surface area contributed by atoms with Crippen molar-refractivity contribution in [2.45, 2.75) is 19.4 Å². The number of carboxylic acid groups (broad SMARTS) is 2. The van der Waals surface area contributed by atoms with E-state index in [4.69, 9.17) is 10.2 Å². The summed E-state index contributed by atoms with van der Waals surface area (Å²) in [6.07, 6.45) is 0.558. The average Bonchev–Trinajstić information content (AvgIpc) is 2.62. The molecule has 0 radical (unpaired) electrons. The number of rotatable bonds is 5. The lowest BCUT2D eigenvalue weighted by atomic mass is 10.2. The van der Waals surface area contributed by atoms with Crippen molar-refractivity contribution in [1.82, 2.24) is 15.5 Å². The van der Waals surface area contributed by atoms with Gasteiger partial charge in [-0.3, -0.25) is 14.7 Å². The number of aromatic amines is 1. The Hall–Kier alpha value is -2.38. The summed E-state index contributed by atoms with van der Waals surface area (Å²) in [6, 6.07) is -1.46. The van der Waals surface area contributed by atoms with Crippen LogP contribution < -0.4 is 5.32 Å². The first-order valence-corrected chi connectivity index (χ1v) is 4.67. The van der Waals surface area contributed by atoms with Gasteiger partial charge in [0.1, 0.15) is 6.04 Å². The molecule has 1 rings (SSSR count). The first-order valence-electron chi connectivity index (χ1n) is 4.67. The maximum absolute atomic E-state index is 11.6. The molecule has 1 aromatic rings. The molecule has 0 bridgehead atoms. The molecule has 0 aromatic carbocycles. The van der Waals surface area contributed by atoms with Gasteiger partial charge >= 0.3 is 11.9 Å². The van der Waals surface area contributed by atoms with Gasteiger partial charge in [-0.25, -0.2) is 4.79 Å². The van der Waals surface area contributed by atoms with Crippen molar-refractivity contribution in [3.05, 3.63) is 17.5 Å². The highest BCUT2D eigenvalue weighted by Gasteiger charge is 2.24. The normalized spacial score (nSPS) is 11.8. The fourth-order valence-corrected chi connectivity index (χ4v) is 1.19. The van der Waals surface area contributed by atoms with Gasteiger partial charge in [0.15, 0.2) is 0 Å². The molecule has 0 aliphatic rings. The molecule has 8 nitrogen and oxygen atoms in total. The van der Waals surface area contributed by atoms with Gasteiger partial charge in [-0.05, 0) is 6.92 Å². The van der Waals surface area contributed by atoms with E-state index in [-0.39, 0.29) is 5.56 Å². The van der Waals surface area contributed by atoms with E-state index < -0.39 is 30.3 Å². The summed E-state index contributed by atoms with van der Waals surface area (Å²) in [5.41, 5.74) is 0.656. The number of nitrogens with one attached hydrogen (secondary N) is 2. The van der Waals surface area contributed by atoms with Crippen molar-refractivity contribution in [3.63, 3.8) is 0 Å². The van der Waals surface area contributed by atoms with Gasteiger partial charge in [0.2, 0.25) is 0 Å². The van der Waals surface area contributed by atoms with Gasteiger partial charge in [0, 0.05) is 5.69 Å². The lowest BCUT2D eigenvalue weighted by Gasteiger charge is -2.11. The number of aryl methyl sites for hydroxylation is 1. The quantitative estimate of drug-likeness (QED) is 0.542. The van der Waals surface area contributed by atoms with Gasteiger partial charge in [-0.2, -0.15) is 5.10 Å². The molecule has 0 aliphatic carbocycles. The molecule has 1 unspecified atom stereocenters. The lowest BCUT2D eigenvalue weighted by Crippen LogP contribution is -2.42. The van der Waals surface area contributed by atoms with Crippen LogP contribution in [0.25, 0.3) is 0 Å². The Bertz CT molecular complexity index is 453. The predicted molar refractivity (Wildman–Crippen MR) is 54.5 cm³/mol. The summed E-state index contributed by atoms with van der Waals surface area (Å²) in [5.74, 6) is -3.38. The molecule has 8 heteroatoms. The zero-order chi connectivity index (χ0) is 13.0. The molecular weight excluding hydrogens is 230 g/mol. The van der Waals surface area contributed by atoms with Crippen LogP contribution in [0, 0.1) is 6.92 Å². The molecule has 0 spiro atoms. The number of aromatic nitrogens is 2. The number of H-pyrrole nitrogens is 1. The van der Waals surface area contributed by atoms with Crippen molar-refractivity contribution < 1.29 is 24.6 Å². The molecule has 1 aromatic heterocycles. The highest BCUT2D eigenvalue weighted by molar-refractivity contribution is 5.97. The highest BCUT2D eigenvalue weighted by atomic mass is 16.4. The second-order valence-corrected chi connectivity index (χ2v) is 3.37. The van der Waals surface area contributed by atoms with Crippen LogP contribution in [0.1, 0.15) is 22.5 Å². The van der Waals surface area contributed by atoms with Gasteiger partial charge in [-0.1, -0.05) is 0 Å². The summed E-state index contributed by atoms with van der Waals surface area (Å²) in [4.78, 5) is 32.7. The van der Waals surface area contributed by atoms with Crippen LogP contribution in [-0.2, 0) is 9.59 Å². The van der Waals surface area contributed by atoms with Crippen LogP contribution in [0.5, 0.6) is 0 Å². The number of carboxylic acids is 2. The molecular formula is C9H11N3O5. The second-order valence-electron chi connectivity index (χ2n) is 3.37. The highest BCUT2D eigenvalue weighted by Crippen LogP contribution is 2.03. The topological polar surface area (TPSA) is 132 Å². The molecule has 1 heterocycles. The van der Waals surface area contributed by atoms with Crippen LogP contribution in [0.15, 0.2) is 6.20 Å². The maximum Gasteiger partial charge on any atom is 0.326 e. The minimum absolute atomic E-state index is 0.182. The summed E-state index contributed by atoms with van der Waals surface area (Å²) < 4.78 is 0. The van der Waals surface area contributed by atoms with E-state index in [1.54, 1.807) is 6.92 Å². The number of carbonyl (C=O) groups is 3. The summed E-state index contributed by atoms with van der Waals surface area (Å²) in [6.45, 7) is 1.59. The number of amides is 1. The Morgan fingerprint density at radius 1 is 1.47 bits per heavy atom. The number of carbonyl (C=O) groups excluding carboxylic acids is 1. The molecule has 0 saturated carbocycles. The molecule has 0 aliphatic heterocycles. The smallest absolute Gasteiger partial charge is 0.326 e. The maximum atomic E-state index is 11.6. The minimum Gasteiger partial charge on any atom is -0.481 e. The number of aliphatic carboxylic acids is 2. The standard InChI is InChI=1S/C9H11N3O5/c1-4-5(3-10-12-4)8(15)11-6(9(16)17)2-7(13)14/h3,6H,2H2,1H3,(H,10,12)(H,11,15)(H,13,14)(H,16,17). The Kier molecular flexibility index (Phi) is 3.81. The van der Waals surface area contributed by atoms with Crippen molar-refractivity contribution >= 4 is 17.8 Å². The molecule has 0 saturated heterocycles. The number of hydrogen-bond acceptors (Lipinski definition) is 4. The van der Waals surface area contributed by atoms with E-state index in [9.17, 15) is 14.4 Å². The van der Waals surface area contributed by atoms with Crippen LogP contribution in [-0.4, -0.2) is 44.3 Å². The first-order chi connectivity index (χ1) is 7.91. The Balaban J connectivity index is 2.74. The first kappa shape index (κ1) is 12.7. The summed E-state index contributed by atoms with van der Waals surface area (Å²) >= 11 is 0.